The summed E-state index contributed by atoms with van der Waals surface area (Å²) < 4.78 is 0.615. The van der Waals surface area contributed by atoms with Crippen molar-refractivity contribution >= 4 is 21.6 Å². The monoisotopic (exact) mass is 342 g/mol. The number of rotatable bonds is 4. The van der Waals surface area contributed by atoms with Crippen LogP contribution in [0.3, 0.4) is 0 Å². The van der Waals surface area contributed by atoms with Crippen molar-refractivity contribution in [1.82, 2.24) is 10.3 Å². The van der Waals surface area contributed by atoms with E-state index in [1.807, 2.05) is 0 Å². The second kappa shape index (κ2) is 6.05. The van der Waals surface area contributed by atoms with Gasteiger partial charge in [-0.1, -0.05) is 41.7 Å². The van der Waals surface area contributed by atoms with E-state index in [2.05, 4.69) is 34.6 Å². The van der Waals surface area contributed by atoms with Gasteiger partial charge in [0.05, 0.1) is 10.8 Å². The number of aliphatic hydroxyl groups excluding tert-OH is 1. The van der Waals surface area contributed by atoms with Crippen molar-refractivity contribution in [2.45, 2.75) is 25.0 Å². The maximum Gasteiger partial charge on any atom is 0.305 e. The summed E-state index contributed by atoms with van der Waals surface area (Å²) in [5.41, 5.74) is 3.78. The van der Waals surface area contributed by atoms with Crippen molar-refractivity contribution in [3.63, 3.8) is 0 Å². The Kier molecular flexibility index (Phi) is 3.88. The number of fused-ring (bicyclic) bond motifs is 2. The summed E-state index contributed by atoms with van der Waals surface area (Å²) in [4.78, 5) is 13.9. The van der Waals surface area contributed by atoms with Gasteiger partial charge in [0.15, 0.2) is 0 Å². The van der Waals surface area contributed by atoms with E-state index in [-0.39, 0.29) is 10.6 Å². The summed E-state index contributed by atoms with van der Waals surface area (Å²) in [5.74, 6) is 0.0264. The number of nitrogens with one attached hydrogen (secondary N) is 2. The molecule has 0 aliphatic heterocycles. The first-order chi connectivity index (χ1) is 11.6. The summed E-state index contributed by atoms with van der Waals surface area (Å²) in [6.07, 6.45) is 1.19. The Labute approximate surface area is 142 Å². The Morgan fingerprint density at radius 2 is 1.92 bits per heavy atom. The van der Waals surface area contributed by atoms with Crippen molar-refractivity contribution < 1.29 is 10.2 Å². The number of phenols is 1. The maximum absolute atomic E-state index is 11.6. The summed E-state index contributed by atoms with van der Waals surface area (Å²) in [7, 11) is 0. The fourth-order valence-electron chi connectivity index (χ4n) is 3.39. The lowest BCUT2D eigenvalue weighted by Crippen LogP contribution is -2.33. The molecular weight excluding hydrogens is 324 g/mol. The lowest BCUT2D eigenvalue weighted by molar-refractivity contribution is 0.171. The summed E-state index contributed by atoms with van der Waals surface area (Å²) >= 11 is 1.01. The lowest BCUT2D eigenvalue weighted by atomic mass is 10.1. The zero-order chi connectivity index (χ0) is 16.7. The number of hydrogen-bond donors (Lipinski definition) is 4. The number of H-pyrrole nitrogens is 1. The zero-order valence-corrected chi connectivity index (χ0v) is 13.8. The van der Waals surface area contributed by atoms with E-state index in [9.17, 15) is 15.0 Å². The molecule has 4 N–H and O–H groups in total. The predicted molar refractivity (Wildman–Crippen MR) is 94.7 cm³/mol. The van der Waals surface area contributed by atoms with Crippen LogP contribution < -0.4 is 10.2 Å². The predicted octanol–water partition coefficient (Wildman–Crippen LogP) is 2.09. The molecule has 1 aliphatic rings. The number of aromatic nitrogens is 1. The summed E-state index contributed by atoms with van der Waals surface area (Å²) in [6.45, 7) is 0.407. The number of benzene rings is 2. The Balaban J connectivity index is 1.49. The SMILES string of the molecule is O=c1[nH]c2c(O)ccc(C(O)CNC3Cc4ccccc4C3)c2s1. The smallest absolute Gasteiger partial charge is 0.305 e. The van der Waals surface area contributed by atoms with Crippen LogP contribution in [-0.2, 0) is 12.8 Å². The summed E-state index contributed by atoms with van der Waals surface area (Å²) in [6, 6.07) is 11.9. The third kappa shape index (κ3) is 2.73. The topological polar surface area (TPSA) is 85.4 Å². The number of thiazole rings is 1. The van der Waals surface area contributed by atoms with Gasteiger partial charge in [0.2, 0.25) is 0 Å². The molecule has 0 radical (unpaired) electrons. The molecule has 124 valence electrons. The van der Waals surface area contributed by atoms with Crippen LogP contribution in [0.15, 0.2) is 41.2 Å². The first-order valence-electron chi connectivity index (χ1n) is 7.94. The van der Waals surface area contributed by atoms with Gasteiger partial charge in [-0.05, 0) is 30.0 Å². The molecule has 4 rings (SSSR count). The summed E-state index contributed by atoms with van der Waals surface area (Å²) in [5, 5.41) is 23.8. The van der Waals surface area contributed by atoms with E-state index >= 15 is 0 Å². The van der Waals surface area contributed by atoms with Gasteiger partial charge >= 0.3 is 4.87 Å². The molecule has 6 heteroatoms. The second-order valence-corrected chi connectivity index (χ2v) is 7.17. The molecule has 0 amide bonds. The van der Waals surface area contributed by atoms with Gasteiger partial charge in [0.1, 0.15) is 11.3 Å². The van der Waals surface area contributed by atoms with E-state index in [1.54, 1.807) is 6.07 Å². The fourth-order valence-corrected chi connectivity index (χ4v) is 4.31. The number of hydrogen-bond acceptors (Lipinski definition) is 5. The third-order valence-electron chi connectivity index (χ3n) is 4.60. The molecule has 0 fully saturated rings. The van der Waals surface area contributed by atoms with Crippen LogP contribution in [0.25, 0.3) is 10.2 Å². The van der Waals surface area contributed by atoms with Gasteiger partial charge in [-0.2, -0.15) is 0 Å². The molecule has 1 aromatic heterocycles. The molecule has 1 heterocycles. The fraction of sp³-hybridized carbons (Fsp3) is 0.278. The zero-order valence-electron chi connectivity index (χ0n) is 13.0. The number of phenolic OH excluding ortho intramolecular Hbond substituents is 1. The molecule has 1 atom stereocenters. The van der Waals surface area contributed by atoms with Gasteiger partial charge in [-0.3, -0.25) is 4.79 Å². The number of aromatic amines is 1. The van der Waals surface area contributed by atoms with Gasteiger partial charge < -0.3 is 20.5 Å². The Bertz CT molecular complexity index is 922. The second-order valence-electron chi connectivity index (χ2n) is 6.19. The first kappa shape index (κ1) is 15.4. The van der Waals surface area contributed by atoms with E-state index in [1.165, 1.54) is 17.2 Å². The maximum atomic E-state index is 11.6. The highest BCUT2D eigenvalue weighted by Crippen LogP contribution is 2.31. The van der Waals surface area contributed by atoms with Crippen LogP contribution in [0, 0.1) is 0 Å². The average molecular weight is 342 g/mol. The van der Waals surface area contributed by atoms with Crippen LogP contribution in [0.4, 0.5) is 0 Å². The molecule has 1 unspecified atom stereocenters. The number of aromatic hydroxyl groups is 1. The van der Waals surface area contributed by atoms with Crippen molar-refractivity contribution in [2.24, 2.45) is 0 Å². The molecule has 2 aromatic carbocycles. The molecule has 0 bridgehead atoms. The van der Waals surface area contributed by atoms with Crippen molar-refractivity contribution in [1.29, 1.82) is 0 Å². The van der Waals surface area contributed by atoms with E-state index in [0.717, 1.165) is 24.2 Å². The highest BCUT2D eigenvalue weighted by atomic mass is 32.1. The Hall–Kier alpha value is -2.15. The molecule has 5 nitrogen and oxygen atoms in total. The largest absolute Gasteiger partial charge is 0.506 e. The van der Waals surface area contributed by atoms with Crippen LogP contribution in [-0.4, -0.2) is 27.8 Å². The normalized spacial score (nSPS) is 15.7. The van der Waals surface area contributed by atoms with Gasteiger partial charge in [-0.25, -0.2) is 0 Å². The average Bonchev–Trinajstić information content (AvgIpc) is 3.16. The van der Waals surface area contributed by atoms with Crippen LogP contribution >= 0.6 is 11.3 Å². The highest BCUT2D eigenvalue weighted by molar-refractivity contribution is 7.16. The van der Waals surface area contributed by atoms with Gasteiger partial charge in [0, 0.05) is 18.2 Å². The number of aliphatic hydroxyl groups is 1. The molecule has 1 aliphatic carbocycles. The first-order valence-corrected chi connectivity index (χ1v) is 8.76. The molecule has 0 spiro atoms. The highest BCUT2D eigenvalue weighted by Gasteiger charge is 2.22. The van der Waals surface area contributed by atoms with E-state index in [4.69, 9.17) is 0 Å². The minimum Gasteiger partial charge on any atom is -0.506 e. The van der Waals surface area contributed by atoms with Crippen molar-refractivity contribution in [2.75, 3.05) is 6.54 Å². The molecular formula is C18H18N2O3S. The van der Waals surface area contributed by atoms with E-state index < -0.39 is 6.10 Å². The molecule has 0 saturated carbocycles. The molecule has 24 heavy (non-hydrogen) atoms. The molecule has 3 aromatic rings. The van der Waals surface area contributed by atoms with E-state index in [0.29, 0.717) is 28.4 Å². The van der Waals surface area contributed by atoms with Crippen LogP contribution in [0.1, 0.15) is 22.8 Å². The van der Waals surface area contributed by atoms with Crippen LogP contribution in [0.2, 0.25) is 0 Å². The Morgan fingerprint density at radius 3 is 2.62 bits per heavy atom. The van der Waals surface area contributed by atoms with Gasteiger partial charge in [-0.15, -0.1) is 0 Å². The quantitative estimate of drug-likeness (QED) is 0.585. The van der Waals surface area contributed by atoms with Crippen molar-refractivity contribution in [3.05, 3.63) is 62.8 Å². The van der Waals surface area contributed by atoms with Crippen LogP contribution in [0.5, 0.6) is 5.75 Å². The minimum atomic E-state index is -0.733. The lowest BCUT2D eigenvalue weighted by Gasteiger charge is -2.17. The molecule has 0 saturated heterocycles. The van der Waals surface area contributed by atoms with Crippen molar-refractivity contribution in [3.8, 4) is 5.75 Å². The standard InChI is InChI=1S/C18H18N2O3S/c21-14-6-5-13(17-16(14)20-18(23)24-17)15(22)9-19-12-7-10-3-1-2-4-11(10)8-12/h1-6,12,15,19,21-22H,7-9H2,(H,20,23). The minimum absolute atomic E-state index is 0.0264. The van der Waals surface area contributed by atoms with Gasteiger partial charge in [0.25, 0.3) is 0 Å². The third-order valence-corrected chi connectivity index (χ3v) is 5.53. The Morgan fingerprint density at radius 1 is 1.21 bits per heavy atom.